The van der Waals surface area contributed by atoms with Gasteiger partial charge in [0.15, 0.2) is 6.10 Å². The van der Waals surface area contributed by atoms with Crippen LogP contribution >= 0.6 is 7.82 Å². The van der Waals surface area contributed by atoms with E-state index in [1.54, 1.807) is 0 Å². The van der Waals surface area contributed by atoms with Crippen LogP contribution in [0.1, 0.15) is 265 Å². The molecule has 0 aliphatic carbocycles. The van der Waals surface area contributed by atoms with Crippen molar-refractivity contribution in [3.8, 4) is 0 Å². The first kappa shape index (κ1) is 65.7. The number of hydrogen-bond acceptors (Lipinski definition) is 10. The second-order valence-corrected chi connectivity index (χ2v) is 20.2. The van der Waals surface area contributed by atoms with Gasteiger partial charge < -0.3 is 24.2 Å². The number of carbonyl (C=O) groups excluding carboxylic acids is 3. The number of phosphoric acid groups is 1. The van der Waals surface area contributed by atoms with Gasteiger partial charge in [0.05, 0.1) is 19.8 Å². The van der Waals surface area contributed by atoms with E-state index in [1.807, 2.05) is 0 Å². The standard InChI is InChI=1S/C56H103O11P/c1-4-7-10-13-16-19-22-24-26-28-31-34-37-40-43-46-55(59)66-52(48-57)50-64-68(61,62)65-51-53(49-63-54(58)45-42-39-36-33-30-21-18-15-12-9-6-3)67-56(60)47-44-41-38-35-32-29-27-25-23-20-17-14-11-8-5-2/h8,11,17,20,25,27,52-53,57H,4-7,9-10,12-16,18-19,21-24,26,28-51H2,1-3H3,(H,61,62)/b11-8-,20-17-,27-25-. The number of aliphatic hydroxyl groups is 1. The highest BCUT2D eigenvalue weighted by molar-refractivity contribution is 7.47. The molecule has 0 aliphatic heterocycles. The zero-order valence-corrected chi connectivity index (χ0v) is 44.7. The zero-order chi connectivity index (χ0) is 49.9. The third-order valence-electron chi connectivity index (χ3n) is 12.1. The molecule has 0 aromatic heterocycles. The lowest BCUT2D eigenvalue weighted by Crippen LogP contribution is -2.30. The molecular weight excluding hydrogens is 880 g/mol. The number of rotatable bonds is 52. The molecule has 3 atom stereocenters. The van der Waals surface area contributed by atoms with E-state index in [0.717, 1.165) is 89.9 Å². The van der Waals surface area contributed by atoms with Crippen molar-refractivity contribution in [3.63, 3.8) is 0 Å². The molecule has 0 fully saturated rings. The lowest BCUT2D eigenvalue weighted by atomic mass is 10.0. The Morgan fingerprint density at radius 1 is 0.426 bits per heavy atom. The summed E-state index contributed by atoms with van der Waals surface area (Å²) >= 11 is 0. The molecule has 0 amide bonds. The lowest BCUT2D eigenvalue weighted by Gasteiger charge is -2.21. The molecule has 0 heterocycles. The number of hydrogen-bond donors (Lipinski definition) is 2. The third-order valence-corrected chi connectivity index (χ3v) is 13.0. The summed E-state index contributed by atoms with van der Waals surface area (Å²) < 4.78 is 39.4. The van der Waals surface area contributed by atoms with Gasteiger partial charge in [0, 0.05) is 19.3 Å². The van der Waals surface area contributed by atoms with Crippen molar-refractivity contribution in [2.45, 2.75) is 277 Å². The summed E-state index contributed by atoms with van der Waals surface area (Å²) in [6.45, 7) is 4.53. The van der Waals surface area contributed by atoms with Gasteiger partial charge in [0.25, 0.3) is 0 Å². The molecule has 11 nitrogen and oxygen atoms in total. The number of allylic oxidation sites excluding steroid dienone is 6. The summed E-state index contributed by atoms with van der Waals surface area (Å²) in [7, 11) is -4.74. The number of ether oxygens (including phenoxy) is 3. The minimum Gasteiger partial charge on any atom is -0.462 e. The van der Waals surface area contributed by atoms with E-state index < -0.39 is 57.8 Å². The smallest absolute Gasteiger partial charge is 0.462 e. The van der Waals surface area contributed by atoms with Gasteiger partial charge in [0.1, 0.15) is 12.7 Å². The van der Waals surface area contributed by atoms with E-state index >= 15 is 0 Å². The SMILES string of the molecule is CC/C=C\C/C=C\C/C=C\CCCCCCCC(=O)OC(COC(=O)CCCCCCCCCCCCC)COP(=O)(O)OCC(CO)OC(=O)CCCCCCCCCCCCCCCCC. The molecule has 0 rings (SSSR count). The van der Waals surface area contributed by atoms with Crippen LogP contribution in [0.4, 0.5) is 0 Å². The molecule has 0 aromatic rings. The van der Waals surface area contributed by atoms with E-state index in [0.29, 0.717) is 19.3 Å². The summed E-state index contributed by atoms with van der Waals surface area (Å²) in [6.07, 6.45) is 51.0. The van der Waals surface area contributed by atoms with E-state index in [1.165, 1.54) is 116 Å². The molecule has 0 radical (unpaired) electrons. The van der Waals surface area contributed by atoms with Crippen molar-refractivity contribution in [2.75, 3.05) is 26.4 Å². The molecule has 0 aromatic carbocycles. The first-order valence-corrected chi connectivity index (χ1v) is 29.4. The highest BCUT2D eigenvalue weighted by Gasteiger charge is 2.28. The molecule has 2 N–H and O–H groups in total. The summed E-state index contributed by atoms with van der Waals surface area (Å²) in [4.78, 5) is 48.4. The van der Waals surface area contributed by atoms with Gasteiger partial charge in [-0.2, -0.15) is 0 Å². The Labute approximate surface area is 416 Å². The fourth-order valence-electron chi connectivity index (χ4n) is 7.84. The Bertz CT molecular complexity index is 1280. The van der Waals surface area contributed by atoms with Crippen molar-refractivity contribution in [3.05, 3.63) is 36.5 Å². The Morgan fingerprint density at radius 3 is 1.18 bits per heavy atom. The van der Waals surface area contributed by atoms with Crippen LogP contribution in [-0.4, -0.2) is 66.5 Å². The van der Waals surface area contributed by atoms with Gasteiger partial charge in [-0.3, -0.25) is 23.4 Å². The van der Waals surface area contributed by atoms with Crippen LogP contribution in [-0.2, 0) is 42.2 Å². The van der Waals surface area contributed by atoms with Crippen molar-refractivity contribution in [1.82, 2.24) is 0 Å². The molecule has 68 heavy (non-hydrogen) atoms. The topological polar surface area (TPSA) is 155 Å². The van der Waals surface area contributed by atoms with Gasteiger partial charge in [-0.15, -0.1) is 0 Å². The van der Waals surface area contributed by atoms with E-state index in [4.69, 9.17) is 23.3 Å². The molecule has 0 bridgehead atoms. The monoisotopic (exact) mass is 983 g/mol. The fourth-order valence-corrected chi connectivity index (χ4v) is 8.63. The number of esters is 3. The molecule has 0 aliphatic rings. The third kappa shape index (κ3) is 48.7. The van der Waals surface area contributed by atoms with Gasteiger partial charge in [-0.05, 0) is 51.4 Å². The minimum atomic E-state index is -4.74. The van der Waals surface area contributed by atoms with Crippen molar-refractivity contribution < 1.29 is 52.2 Å². The van der Waals surface area contributed by atoms with Crippen LogP contribution in [0, 0.1) is 0 Å². The van der Waals surface area contributed by atoms with E-state index in [9.17, 15) is 28.9 Å². The normalized spacial score (nSPS) is 13.7. The molecule has 0 spiro atoms. The maximum atomic E-state index is 12.9. The first-order valence-electron chi connectivity index (χ1n) is 27.9. The van der Waals surface area contributed by atoms with Crippen LogP contribution in [0.25, 0.3) is 0 Å². The maximum Gasteiger partial charge on any atom is 0.472 e. The zero-order valence-electron chi connectivity index (χ0n) is 43.8. The van der Waals surface area contributed by atoms with E-state index in [-0.39, 0.29) is 25.9 Å². The van der Waals surface area contributed by atoms with E-state index in [2.05, 4.69) is 57.2 Å². The predicted octanol–water partition coefficient (Wildman–Crippen LogP) is 16.0. The van der Waals surface area contributed by atoms with Crippen molar-refractivity contribution >= 4 is 25.7 Å². The Balaban J connectivity index is 4.68. The highest BCUT2D eigenvalue weighted by Crippen LogP contribution is 2.43. The predicted molar refractivity (Wildman–Crippen MR) is 279 cm³/mol. The first-order chi connectivity index (χ1) is 33.2. The summed E-state index contributed by atoms with van der Waals surface area (Å²) in [5.74, 6) is -1.47. The Kier molecular flexibility index (Phi) is 49.3. The number of aliphatic hydroxyl groups excluding tert-OH is 1. The summed E-state index contributed by atoms with van der Waals surface area (Å²) in [5, 5.41) is 9.80. The summed E-state index contributed by atoms with van der Waals surface area (Å²) in [6, 6.07) is 0. The summed E-state index contributed by atoms with van der Waals surface area (Å²) in [5.41, 5.74) is 0. The molecule has 398 valence electrons. The average molecular weight is 983 g/mol. The van der Waals surface area contributed by atoms with Crippen LogP contribution in [0.15, 0.2) is 36.5 Å². The number of unbranched alkanes of at least 4 members (excludes halogenated alkanes) is 29. The maximum absolute atomic E-state index is 12.9. The molecular formula is C56H103O11P. The van der Waals surface area contributed by atoms with Gasteiger partial charge in [0.2, 0.25) is 0 Å². The van der Waals surface area contributed by atoms with Gasteiger partial charge >= 0.3 is 25.7 Å². The second kappa shape index (κ2) is 51.1. The molecule has 3 unspecified atom stereocenters. The highest BCUT2D eigenvalue weighted by atomic mass is 31.2. The lowest BCUT2D eigenvalue weighted by molar-refractivity contribution is -0.161. The van der Waals surface area contributed by atoms with Crippen LogP contribution in [0.5, 0.6) is 0 Å². The molecule has 0 saturated heterocycles. The van der Waals surface area contributed by atoms with Crippen molar-refractivity contribution in [1.29, 1.82) is 0 Å². The number of carbonyl (C=O) groups is 3. The fraction of sp³-hybridized carbons (Fsp3) is 0.839. The quantitative estimate of drug-likeness (QED) is 0.0197. The minimum absolute atomic E-state index is 0.152. The van der Waals surface area contributed by atoms with Gasteiger partial charge in [-0.1, -0.05) is 231 Å². The number of phosphoric ester groups is 1. The molecule has 0 saturated carbocycles. The molecule has 12 heteroatoms. The second-order valence-electron chi connectivity index (χ2n) is 18.7. The van der Waals surface area contributed by atoms with Crippen LogP contribution in [0.2, 0.25) is 0 Å². The largest absolute Gasteiger partial charge is 0.472 e. The van der Waals surface area contributed by atoms with Crippen molar-refractivity contribution in [2.24, 2.45) is 0 Å². The van der Waals surface area contributed by atoms with Gasteiger partial charge in [-0.25, -0.2) is 4.57 Å². The van der Waals surface area contributed by atoms with Crippen LogP contribution < -0.4 is 0 Å². The Morgan fingerprint density at radius 2 is 0.765 bits per heavy atom. The Hall–Kier alpha value is -2.30. The average Bonchev–Trinajstić information content (AvgIpc) is 3.32. The van der Waals surface area contributed by atoms with Crippen LogP contribution in [0.3, 0.4) is 0 Å².